The van der Waals surface area contributed by atoms with E-state index in [9.17, 15) is 4.79 Å². The van der Waals surface area contributed by atoms with Crippen molar-refractivity contribution in [2.24, 2.45) is 0 Å². The molecule has 0 aliphatic rings. The summed E-state index contributed by atoms with van der Waals surface area (Å²) in [5, 5.41) is 10.9. The molecule has 0 fully saturated rings. The monoisotopic (exact) mass is 376 g/mol. The molecule has 0 atom stereocenters. The van der Waals surface area contributed by atoms with Crippen molar-refractivity contribution in [3.8, 4) is 5.82 Å². The van der Waals surface area contributed by atoms with Crippen LogP contribution in [-0.4, -0.2) is 38.7 Å². The van der Waals surface area contributed by atoms with Crippen LogP contribution in [0.2, 0.25) is 0 Å². The number of nitrogens with zero attached hydrogens (tertiary/aromatic N) is 4. The van der Waals surface area contributed by atoms with Gasteiger partial charge < -0.3 is 19.7 Å². The Labute approximate surface area is 161 Å². The normalized spacial score (nSPS) is 10.9. The lowest BCUT2D eigenvalue weighted by molar-refractivity contribution is -0.120. The number of aryl methyl sites for hydroxylation is 1. The standard InChI is InChI=1S/C20H20N6O2/c1-14-23-18(13-19(24-14)26-10-4-5-11-26)21-8-9-22-20(27)12-16-15-6-2-3-7-17(15)28-25-16/h2-7,10-11,13H,8-9,12H2,1H3,(H,22,27)(H,21,23,24). The molecular weight excluding hydrogens is 356 g/mol. The molecule has 142 valence electrons. The molecule has 8 nitrogen and oxygen atoms in total. The quantitative estimate of drug-likeness (QED) is 0.481. The average Bonchev–Trinajstić information content (AvgIpc) is 3.36. The number of hydrogen-bond donors (Lipinski definition) is 2. The van der Waals surface area contributed by atoms with Gasteiger partial charge in [-0.15, -0.1) is 0 Å². The Kier molecular flexibility index (Phi) is 5.01. The predicted octanol–water partition coefficient (Wildman–Crippen LogP) is 2.49. The van der Waals surface area contributed by atoms with E-state index >= 15 is 0 Å². The molecule has 8 heteroatoms. The van der Waals surface area contributed by atoms with E-state index in [-0.39, 0.29) is 12.3 Å². The lowest BCUT2D eigenvalue weighted by atomic mass is 10.1. The molecule has 0 radical (unpaired) electrons. The van der Waals surface area contributed by atoms with Gasteiger partial charge in [0.15, 0.2) is 5.58 Å². The molecule has 2 N–H and O–H groups in total. The van der Waals surface area contributed by atoms with Crippen LogP contribution < -0.4 is 10.6 Å². The summed E-state index contributed by atoms with van der Waals surface area (Å²) in [5.41, 5.74) is 1.33. The van der Waals surface area contributed by atoms with E-state index in [1.807, 2.05) is 66.3 Å². The second-order valence-electron chi connectivity index (χ2n) is 6.33. The number of fused-ring (bicyclic) bond motifs is 1. The van der Waals surface area contributed by atoms with Crippen molar-refractivity contribution in [3.05, 3.63) is 66.4 Å². The van der Waals surface area contributed by atoms with Gasteiger partial charge in [-0.25, -0.2) is 9.97 Å². The van der Waals surface area contributed by atoms with E-state index in [0.29, 0.717) is 36.0 Å². The van der Waals surface area contributed by atoms with Crippen LogP contribution in [-0.2, 0) is 11.2 Å². The maximum atomic E-state index is 12.2. The summed E-state index contributed by atoms with van der Waals surface area (Å²) in [6.07, 6.45) is 4.04. The Hall–Kier alpha value is -3.68. The van der Waals surface area contributed by atoms with Crippen LogP contribution in [0.5, 0.6) is 0 Å². The third-order valence-electron chi connectivity index (χ3n) is 4.23. The maximum Gasteiger partial charge on any atom is 0.226 e. The highest BCUT2D eigenvalue weighted by atomic mass is 16.5. The lowest BCUT2D eigenvalue weighted by Gasteiger charge is -2.10. The summed E-state index contributed by atoms with van der Waals surface area (Å²) < 4.78 is 7.15. The molecular formula is C20H20N6O2. The van der Waals surface area contributed by atoms with E-state index in [1.165, 1.54) is 0 Å². The van der Waals surface area contributed by atoms with Crippen LogP contribution in [0, 0.1) is 6.92 Å². The second kappa shape index (κ2) is 7.91. The number of carbonyl (C=O) groups is 1. The minimum Gasteiger partial charge on any atom is -0.368 e. The van der Waals surface area contributed by atoms with Gasteiger partial charge in [0, 0.05) is 36.9 Å². The molecule has 3 heterocycles. The van der Waals surface area contributed by atoms with Gasteiger partial charge in [0.2, 0.25) is 5.91 Å². The molecule has 4 rings (SSSR count). The molecule has 3 aromatic heterocycles. The van der Waals surface area contributed by atoms with Crippen LogP contribution in [0.15, 0.2) is 59.4 Å². The van der Waals surface area contributed by atoms with Gasteiger partial charge in [0.1, 0.15) is 23.2 Å². The molecule has 0 aliphatic carbocycles. The van der Waals surface area contributed by atoms with Crippen LogP contribution in [0.3, 0.4) is 0 Å². The van der Waals surface area contributed by atoms with Crippen molar-refractivity contribution in [2.45, 2.75) is 13.3 Å². The summed E-state index contributed by atoms with van der Waals surface area (Å²) >= 11 is 0. The zero-order valence-electron chi connectivity index (χ0n) is 15.4. The van der Waals surface area contributed by atoms with Crippen molar-refractivity contribution >= 4 is 22.7 Å². The molecule has 28 heavy (non-hydrogen) atoms. The highest BCUT2D eigenvalue weighted by Crippen LogP contribution is 2.18. The van der Waals surface area contributed by atoms with E-state index in [1.54, 1.807) is 0 Å². The number of rotatable bonds is 7. The van der Waals surface area contributed by atoms with Gasteiger partial charge in [-0.1, -0.05) is 17.3 Å². The van der Waals surface area contributed by atoms with E-state index in [2.05, 4.69) is 25.8 Å². The Balaban J connectivity index is 1.29. The predicted molar refractivity (Wildman–Crippen MR) is 105 cm³/mol. The fourth-order valence-electron chi connectivity index (χ4n) is 2.93. The van der Waals surface area contributed by atoms with Gasteiger partial charge in [-0.05, 0) is 31.2 Å². The second-order valence-corrected chi connectivity index (χ2v) is 6.33. The van der Waals surface area contributed by atoms with Crippen molar-refractivity contribution in [1.82, 2.24) is 25.0 Å². The Morgan fingerprint density at radius 1 is 1.11 bits per heavy atom. The highest BCUT2D eigenvalue weighted by molar-refractivity contribution is 5.86. The summed E-state index contributed by atoms with van der Waals surface area (Å²) in [6, 6.07) is 13.3. The number of nitrogens with one attached hydrogen (secondary N) is 2. The lowest BCUT2D eigenvalue weighted by Crippen LogP contribution is -2.30. The first kappa shape index (κ1) is 17.7. The van der Waals surface area contributed by atoms with E-state index in [4.69, 9.17) is 4.52 Å². The van der Waals surface area contributed by atoms with Gasteiger partial charge in [-0.2, -0.15) is 0 Å². The van der Waals surface area contributed by atoms with Crippen molar-refractivity contribution in [3.63, 3.8) is 0 Å². The number of hydrogen-bond acceptors (Lipinski definition) is 6. The number of amides is 1. The minimum absolute atomic E-state index is 0.104. The van der Waals surface area contributed by atoms with Crippen molar-refractivity contribution < 1.29 is 9.32 Å². The molecule has 1 amide bonds. The van der Waals surface area contributed by atoms with Crippen LogP contribution in [0.25, 0.3) is 16.8 Å². The maximum absolute atomic E-state index is 12.2. The molecule has 0 aliphatic heterocycles. The molecule has 0 bridgehead atoms. The fourth-order valence-corrected chi connectivity index (χ4v) is 2.93. The molecule has 1 aromatic carbocycles. The molecule has 0 spiro atoms. The Morgan fingerprint density at radius 2 is 1.93 bits per heavy atom. The van der Waals surface area contributed by atoms with Crippen molar-refractivity contribution in [1.29, 1.82) is 0 Å². The molecule has 4 aromatic rings. The van der Waals surface area contributed by atoms with Crippen LogP contribution in [0.1, 0.15) is 11.5 Å². The topological polar surface area (TPSA) is 97.9 Å². The zero-order chi connectivity index (χ0) is 19.3. The van der Waals surface area contributed by atoms with Gasteiger partial charge in [0.05, 0.1) is 6.42 Å². The van der Waals surface area contributed by atoms with E-state index in [0.717, 1.165) is 11.2 Å². The van der Waals surface area contributed by atoms with Crippen LogP contribution >= 0.6 is 0 Å². The number of para-hydroxylation sites is 1. The minimum atomic E-state index is -0.104. The largest absolute Gasteiger partial charge is 0.368 e. The molecule has 0 unspecified atom stereocenters. The first-order valence-corrected chi connectivity index (χ1v) is 9.02. The Bertz CT molecular complexity index is 1090. The number of aromatic nitrogens is 4. The number of carbonyl (C=O) groups excluding carboxylic acids is 1. The highest BCUT2D eigenvalue weighted by Gasteiger charge is 2.11. The molecule has 0 saturated carbocycles. The first-order chi connectivity index (χ1) is 13.7. The van der Waals surface area contributed by atoms with Crippen LogP contribution in [0.4, 0.5) is 5.82 Å². The Morgan fingerprint density at radius 3 is 2.79 bits per heavy atom. The fraction of sp³-hybridized carbons (Fsp3) is 0.200. The number of anilines is 1. The number of benzene rings is 1. The van der Waals surface area contributed by atoms with Gasteiger partial charge in [0.25, 0.3) is 0 Å². The third kappa shape index (κ3) is 4.01. The summed E-state index contributed by atoms with van der Waals surface area (Å²) in [6.45, 7) is 2.87. The summed E-state index contributed by atoms with van der Waals surface area (Å²) in [4.78, 5) is 21.0. The smallest absolute Gasteiger partial charge is 0.226 e. The third-order valence-corrected chi connectivity index (χ3v) is 4.23. The zero-order valence-corrected chi connectivity index (χ0v) is 15.4. The first-order valence-electron chi connectivity index (χ1n) is 9.02. The van der Waals surface area contributed by atoms with E-state index < -0.39 is 0 Å². The summed E-state index contributed by atoms with van der Waals surface area (Å²) in [5.74, 6) is 2.08. The van der Waals surface area contributed by atoms with Gasteiger partial charge in [-0.3, -0.25) is 4.79 Å². The van der Waals surface area contributed by atoms with Gasteiger partial charge >= 0.3 is 0 Å². The summed E-state index contributed by atoms with van der Waals surface area (Å²) in [7, 11) is 0. The average molecular weight is 376 g/mol. The van der Waals surface area contributed by atoms with Crippen molar-refractivity contribution in [2.75, 3.05) is 18.4 Å². The SMILES string of the molecule is Cc1nc(NCCNC(=O)Cc2noc3ccccc23)cc(-n2cccc2)n1. The molecule has 0 saturated heterocycles.